The van der Waals surface area contributed by atoms with Crippen molar-refractivity contribution in [3.63, 3.8) is 0 Å². The van der Waals surface area contributed by atoms with Crippen LogP contribution in [0.15, 0.2) is 48.8 Å². The van der Waals surface area contributed by atoms with E-state index >= 15 is 0 Å². The third-order valence-electron chi connectivity index (χ3n) is 6.86. The summed E-state index contributed by atoms with van der Waals surface area (Å²) in [5.41, 5.74) is 6.22. The number of nitrogens with one attached hydrogen (secondary N) is 3. The number of anilines is 2. The molecule has 3 N–H and O–H groups in total. The van der Waals surface area contributed by atoms with Crippen molar-refractivity contribution >= 4 is 39.8 Å². The zero-order valence-electron chi connectivity index (χ0n) is 22.5. The maximum Gasteiger partial charge on any atom is 0.243 e. The van der Waals surface area contributed by atoms with E-state index in [0.717, 1.165) is 24.8 Å². The molecule has 0 unspecified atom stereocenters. The summed E-state index contributed by atoms with van der Waals surface area (Å²) in [7, 11) is 0. The Balaban J connectivity index is 1.52. The molecule has 0 aliphatic heterocycles. The maximum absolute atomic E-state index is 13.8. The van der Waals surface area contributed by atoms with E-state index < -0.39 is 6.04 Å². The van der Waals surface area contributed by atoms with Crippen molar-refractivity contribution in [2.75, 3.05) is 22.6 Å². The van der Waals surface area contributed by atoms with Gasteiger partial charge in [-0.05, 0) is 53.3 Å². The van der Waals surface area contributed by atoms with Crippen LogP contribution in [0.5, 0.6) is 0 Å². The van der Waals surface area contributed by atoms with Crippen LogP contribution in [0.3, 0.4) is 0 Å². The summed E-state index contributed by atoms with van der Waals surface area (Å²) >= 11 is 6.68. The molecule has 2 aromatic carbocycles. The standard InChI is InChI=1S/C29H30ClFN8O/c1-29(2,3)16-34-25-19(13-32)14-33-27-22(25)11-21(12-23(27)30)35-26(17-7-9-20(31)10-8-17)24-15-39(38-36-24)37-28(40)18-5-4-6-18/h7-12,14-15,18,26,35H,4-6,16H2,1-3H3,(H,33,34)(H,37,40)/t26-/m0/s1. The number of amides is 1. The van der Waals surface area contributed by atoms with Gasteiger partial charge in [0.25, 0.3) is 0 Å². The number of halogens is 2. The van der Waals surface area contributed by atoms with Gasteiger partial charge in [-0.25, -0.2) is 9.82 Å². The second kappa shape index (κ2) is 11.1. The van der Waals surface area contributed by atoms with E-state index in [4.69, 9.17) is 11.6 Å². The second-order valence-electron chi connectivity index (χ2n) is 11.2. The zero-order valence-corrected chi connectivity index (χ0v) is 23.3. The molecule has 1 amide bonds. The first-order valence-electron chi connectivity index (χ1n) is 13.1. The number of aromatic nitrogens is 4. The molecule has 5 rings (SSSR count). The van der Waals surface area contributed by atoms with Gasteiger partial charge in [0.1, 0.15) is 17.6 Å². The minimum atomic E-state index is -0.554. The minimum Gasteiger partial charge on any atom is -0.383 e. The summed E-state index contributed by atoms with van der Waals surface area (Å²) in [5, 5.41) is 26.1. The molecule has 9 nitrogen and oxygen atoms in total. The Kier molecular flexibility index (Phi) is 7.59. The molecule has 2 aromatic heterocycles. The number of carbonyl (C=O) groups is 1. The van der Waals surface area contributed by atoms with Crippen molar-refractivity contribution in [2.45, 2.75) is 46.1 Å². The molecule has 1 atom stereocenters. The molecule has 1 aliphatic rings. The van der Waals surface area contributed by atoms with Gasteiger partial charge in [0, 0.05) is 29.7 Å². The Bertz CT molecular complexity index is 1580. The van der Waals surface area contributed by atoms with Crippen LogP contribution >= 0.6 is 11.6 Å². The zero-order chi connectivity index (χ0) is 28.4. The lowest BCUT2D eigenvalue weighted by Gasteiger charge is -2.23. The highest BCUT2D eigenvalue weighted by Gasteiger charge is 2.26. The molecule has 0 radical (unpaired) electrons. The summed E-state index contributed by atoms with van der Waals surface area (Å²) < 4.78 is 13.8. The van der Waals surface area contributed by atoms with E-state index in [0.29, 0.717) is 45.1 Å². The van der Waals surface area contributed by atoms with Crippen molar-refractivity contribution in [3.05, 3.63) is 76.5 Å². The first-order chi connectivity index (χ1) is 19.1. The molecule has 4 aromatic rings. The highest BCUT2D eigenvalue weighted by Crippen LogP contribution is 2.36. The Morgan fingerprint density at radius 3 is 2.65 bits per heavy atom. The molecule has 0 bridgehead atoms. The van der Waals surface area contributed by atoms with E-state index in [1.165, 1.54) is 23.1 Å². The smallest absolute Gasteiger partial charge is 0.243 e. The van der Waals surface area contributed by atoms with E-state index in [1.807, 2.05) is 6.07 Å². The molecule has 1 saturated carbocycles. The molecular weight excluding hydrogens is 531 g/mol. The molecule has 1 fully saturated rings. The highest BCUT2D eigenvalue weighted by atomic mass is 35.5. The molecule has 0 saturated heterocycles. The van der Waals surface area contributed by atoms with Gasteiger partial charge in [-0.1, -0.05) is 50.9 Å². The quantitative estimate of drug-likeness (QED) is 0.241. The van der Waals surface area contributed by atoms with Gasteiger partial charge < -0.3 is 10.6 Å². The Hall–Kier alpha value is -4.23. The van der Waals surface area contributed by atoms with Crippen LogP contribution in [0.4, 0.5) is 15.8 Å². The molecule has 1 aliphatic carbocycles. The summed E-state index contributed by atoms with van der Waals surface area (Å²) in [5.74, 6) is -0.463. The lowest BCUT2D eigenvalue weighted by atomic mass is 9.85. The van der Waals surface area contributed by atoms with Crippen LogP contribution < -0.4 is 16.1 Å². The lowest BCUT2D eigenvalue weighted by molar-refractivity contribution is -0.123. The third-order valence-corrected chi connectivity index (χ3v) is 7.15. The molecule has 2 heterocycles. The number of carbonyl (C=O) groups excluding carboxylic acids is 1. The number of nitrogens with zero attached hydrogens (tertiary/aromatic N) is 5. The minimum absolute atomic E-state index is 0.00795. The summed E-state index contributed by atoms with van der Waals surface area (Å²) in [6, 6.07) is 11.3. The fourth-order valence-electron chi connectivity index (χ4n) is 4.46. The van der Waals surface area contributed by atoms with E-state index in [1.54, 1.807) is 24.4 Å². The van der Waals surface area contributed by atoms with Crippen molar-refractivity contribution < 1.29 is 9.18 Å². The van der Waals surface area contributed by atoms with Crippen LogP contribution in [0.25, 0.3) is 10.9 Å². The summed E-state index contributed by atoms with van der Waals surface area (Å²) in [6.45, 7) is 6.93. The van der Waals surface area contributed by atoms with Gasteiger partial charge in [0.15, 0.2) is 0 Å². The van der Waals surface area contributed by atoms with Gasteiger partial charge in [-0.2, -0.15) is 10.1 Å². The maximum atomic E-state index is 13.8. The lowest BCUT2D eigenvalue weighted by Crippen LogP contribution is -2.33. The first-order valence-corrected chi connectivity index (χ1v) is 13.5. The van der Waals surface area contributed by atoms with Crippen LogP contribution in [0.1, 0.15) is 62.9 Å². The van der Waals surface area contributed by atoms with Gasteiger partial charge >= 0.3 is 0 Å². The number of fused-ring (bicyclic) bond motifs is 1. The average molecular weight is 561 g/mol. The SMILES string of the molecule is CC(C)(C)CNc1c(C#N)cnc2c(Cl)cc(N[C@@H](c3ccc(F)cc3)c3cn(NC(=O)C4CCC4)nn3)cc12. The van der Waals surface area contributed by atoms with E-state index in [-0.39, 0.29) is 23.1 Å². The number of rotatable bonds is 8. The van der Waals surface area contributed by atoms with Crippen molar-refractivity contribution in [1.29, 1.82) is 5.26 Å². The predicted octanol–water partition coefficient (Wildman–Crippen LogP) is 6.02. The highest BCUT2D eigenvalue weighted by molar-refractivity contribution is 6.35. The molecule has 11 heteroatoms. The molecular formula is C29H30ClFN8O. The topological polar surface area (TPSA) is 121 Å². The summed E-state index contributed by atoms with van der Waals surface area (Å²) in [4.78, 5) is 18.2. The van der Waals surface area contributed by atoms with Crippen LogP contribution in [0.2, 0.25) is 5.02 Å². The van der Waals surface area contributed by atoms with Crippen molar-refractivity contribution in [3.8, 4) is 6.07 Å². The molecule has 206 valence electrons. The van der Waals surface area contributed by atoms with Gasteiger partial charge in [-0.3, -0.25) is 9.78 Å². The van der Waals surface area contributed by atoms with Gasteiger partial charge in [-0.15, -0.1) is 5.10 Å². The number of benzene rings is 2. The predicted molar refractivity (Wildman–Crippen MR) is 153 cm³/mol. The number of hydrogen-bond acceptors (Lipinski definition) is 7. The van der Waals surface area contributed by atoms with Gasteiger partial charge in [0.05, 0.1) is 34.0 Å². The van der Waals surface area contributed by atoms with Gasteiger partial charge in [0.2, 0.25) is 5.91 Å². The summed E-state index contributed by atoms with van der Waals surface area (Å²) in [6.07, 6.45) is 5.93. The van der Waals surface area contributed by atoms with Crippen molar-refractivity contribution in [2.24, 2.45) is 11.3 Å². The number of hydrogen-bond donors (Lipinski definition) is 3. The van der Waals surface area contributed by atoms with Crippen LogP contribution in [-0.4, -0.2) is 32.5 Å². The van der Waals surface area contributed by atoms with E-state index in [9.17, 15) is 14.4 Å². The fourth-order valence-corrected chi connectivity index (χ4v) is 4.73. The number of pyridine rings is 1. The first kappa shape index (κ1) is 27.3. The normalized spacial score (nSPS) is 14.3. The van der Waals surface area contributed by atoms with Crippen LogP contribution in [-0.2, 0) is 4.79 Å². The Morgan fingerprint density at radius 2 is 2.00 bits per heavy atom. The second-order valence-corrected chi connectivity index (χ2v) is 11.7. The average Bonchev–Trinajstić information content (AvgIpc) is 3.32. The third kappa shape index (κ3) is 6.00. The Morgan fingerprint density at radius 1 is 1.25 bits per heavy atom. The van der Waals surface area contributed by atoms with E-state index in [2.05, 4.69) is 58.2 Å². The fraction of sp³-hybridized carbons (Fsp3) is 0.345. The number of nitriles is 1. The monoisotopic (exact) mass is 560 g/mol. The van der Waals surface area contributed by atoms with Crippen LogP contribution in [0, 0.1) is 28.5 Å². The largest absolute Gasteiger partial charge is 0.383 e. The molecule has 40 heavy (non-hydrogen) atoms. The Labute approximate surface area is 236 Å². The van der Waals surface area contributed by atoms with Crippen molar-refractivity contribution in [1.82, 2.24) is 20.1 Å². The molecule has 0 spiro atoms.